The van der Waals surface area contributed by atoms with Crippen molar-refractivity contribution in [1.29, 1.82) is 0 Å². The van der Waals surface area contributed by atoms with Crippen LogP contribution in [-0.2, 0) is 20.2 Å². The van der Waals surface area contributed by atoms with E-state index in [0.717, 1.165) is 21.0 Å². The minimum Gasteiger partial charge on any atom is -0.324 e. The Morgan fingerprint density at radius 1 is 0.732 bits per heavy atom. The van der Waals surface area contributed by atoms with Crippen molar-refractivity contribution < 1.29 is 18.0 Å². The predicted molar refractivity (Wildman–Crippen MR) is 165 cm³/mol. The highest BCUT2D eigenvalue weighted by atomic mass is 32.2. The predicted octanol–water partition coefficient (Wildman–Crippen LogP) is 6.69. The second-order valence-corrected chi connectivity index (χ2v) is 12.9. The van der Waals surface area contributed by atoms with Crippen LogP contribution in [0.5, 0.6) is 0 Å². The van der Waals surface area contributed by atoms with Crippen LogP contribution < -0.4 is 14.9 Å². The Kier molecular flexibility index (Phi) is 8.63. The van der Waals surface area contributed by atoms with Crippen LogP contribution in [0.15, 0.2) is 102 Å². The largest absolute Gasteiger partial charge is 0.324 e. The summed E-state index contributed by atoms with van der Waals surface area (Å²) < 4.78 is 28.3. The van der Waals surface area contributed by atoms with Gasteiger partial charge in [0.15, 0.2) is 0 Å². The minimum absolute atomic E-state index is 0.0180. The molecule has 0 aliphatic heterocycles. The van der Waals surface area contributed by atoms with Gasteiger partial charge >= 0.3 is 0 Å². The molecule has 0 saturated carbocycles. The zero-order valence-corrected chi connectivity index (χ0v) is 24.7. The van der Waals surface area contributed by atoms with Crippen molar-refractivity contribution in [2.75, 3.05) is 21.5 Å². The fourth-order valence-corrected chi connectivity index (χ4v) is 5.68. The zero-order valence-electron chi connectivity index (χ0n) is 23.9. The smallest absolute Gasteiger partial charge is 0.264 e. The van der Waals surface area contributed by atoms with E-state index in [1.54, 1.807) is 66.7 Å². The van der Waals surface area contributed by atoms with Crippen molar-refractivity contribution in [2.45, 2.75) is 44.9 Å². The third-order valence-electron chi connectivity index (χ3n) is 6.81. The molecule has 0 unspecified atom stereocenters. The number of carbonyl (C=O) groups excluding carboxylic acids is 2. The highest BCUT2D eigenvalue weighted by Crippen LogP contribution is 2.26. The Balaban J connectivity index is 1.52. The fourth-order valence-electron chi connectivity index (χ4n) is 4.25. The number of sulfonamides is 1. The Hall–Kier alpha value is -4.43. The van der Waals surface area contributed by atoms with E-state index < -0.39 is 22.5 Å². The third-order valence-corrected chi connectivity index (χ3v) is 8.60. The maximum Gasteiger partial charge on any atom is 0.264 e. The summed E-state index contributed by atoms with van der Waals surface area (Å²) in [4.78, 5) is 26.1. The van der Waals surface area contributed by atoms with Crippen molar-refractivity contribution in [3.63, 3.8) is 0 Å². The van der Waals surface area contributed by atoms with Crippen molar-refractivity contribution in [2.24, 2.45) is 0 Å². The van der Waals surface area contributed by atoms with Gasteiger partial charge < -0.3 is 10.6 Å². The van der Waals surface area contributed by atoms with E-state index in [9.17, 15) is 18.0 Å². The maximum atomic E-state index is 13.6. The normalized spacial score (nSPS) is 11.5. The summed E-state index contributed by atoms with van der Waals surface area (Å²) in [5, 5.41) is 5.63. The number of rotatable bonds is 8. The molecule has 41 heavy (non-hydrogen) atoms. The molecule has 2 amide bonds. The fraction of sp³-hybridized carbons (Fsp3) is 0.212. The lowest BCUT2D eigenvalue weighted by Gasteiger charge is -2.25. The maximum absolute atomic E-state index is 13.6. The van der Waals surface area contributed by atoms with Gasteiger partial charge in [-0.25, -0.2) is 8.42 Å². The second-order valence-electron chi connectivity index (χ2n) is 11.0. The first kappa shape index (κ1) is 29.6. The van der Waals surface area contributed by atoms with Gasteiger partial charge in [0, 0.05) is 16.9 Å². The molecule has 4 rings (SSSR count). The average molecular weight is 570 g/mol. The molecule has 0 fully saturated rings. The van der Waals surface area contributed by atoms with Crippen LogP contribution in [0.1, 0.15) is 47.8 Å². The SMILES string of the molecule is Cc1ccc(N(CC(=O)Nc2cccc(NC(=O)c3ccc(C(C)(C)C)cc3)c2)S(=O)(=O)c2ccccc2)cc1C. The lowest BCUT2D eigenvalue weighted by molar-refractivity contribution is -0.114. The Morgan fingerprint density at radius 2 is 1.37 bits per heavy atom. The lowest BCUT2D eigenvalue weighted by atomic mass is 9.87. The number of benzene rings is 4. The number of hydrogen-bond donors (Lipinski definition) is 2. The molecule has 8 heteroatoms. The number of nitrogens with zero attached hydrogens (tertiary/aromatic N) is 1. The van der Waals surface area contributed by atoms with Gasteiger partial charge in [0.25, 0.3) is 15.9 Å². The molecule has 4 aromatic rings. The first-order valence-corrected chi connectivity index (χ1v) is 14.8. The first-order valence-electron chi connectivity index (χ1n) is 13.3. The van der Waals surface area contributed by atoms with E-state index in [1.807, 2.05) is 32.0 Å². The quantitative estimate of drug-likeness (QED) is 0.247. The summed E-state index contributed by atoms with van der Waals surface area (Å²) >= 11 is 0. The lowest BCUT2D eigenvalue weighted by Crippen LogP contribution is -2.38. The number of aryl methyl sites for hydroxylation is 2. The molecule has 7 nitrogen and oxygen atoms in total. The molecule has 0 aromatic heterocycles. The minimum atomic E-state index is -4.02. The van der Waals surface area contributed by atoms with Gasteiger partial charge in [-0.2, -0.15) is 0 Å². The number of carbonyl (C=O) groups is 2. The van der Waals surface area contributed by atoms with Crippen LogP contribution in [0.3, 0.4) is 0 Å². The van der Waals surface area contributed by atoms with Crippen molar-refractivity contribution in [3.05, 3.63) is 119 Å². The summed E-state index contributed by atoms with van der Waals surface area (Å²) in [7, 11) is -4.02. The standard InChI is InChI=1S/C33H35N3O4S/c1-23-14-19-29(20-24(23)2)36(41(39,40)30-12-7-6-8-13-30)22-31(37)34-27-10-9-11-28(21-27)35-32(38)25-15-17-26(18-16-25)33(3,4)5/h6-21H,22H2,1-5H3,(H,34,37)(H,35,38). The molecule has 0 saturated heterocycles. The molecule has 4 aromatic carbocycles. The van der Waals surface area contributed by atoms with E-state index in [-0.39, 0.29) is 16.2 Å². The van der Waals surface area contributed by atoms with Gasteiger partial charge in [-0.1, -0.05) is 63.2 Å². The van der Waals surface area contributed by atoms with E-state index in [2.05, 4.69) is 31.4 Å². The molecule has 0 aliphatic carbocycles. The van der Waals surface area contributed by atoms with Gasteiger partial charge in [-0.15, -0.1) is 0 Å². The van der Waals surface area contributed by atoms with E-state index in [0.29, 0.717) is 22.6 Å². The zero-order chi connectivity index (χ0) is 29.8. The summed E-state index contributed by atoms with van der Waals surface area (Å²) in [5.41, 5.74) is 4.86. The van der Waals surface area contributed by atoms with Gasteiger partial charge in [0.1, 0.15) is 6.54 Å². The van der Waals surface area contributed by atoms with Crippen LogP contribution in [0.4, 0.5) is 17.1 Å². The highest BCUT2D eigenvalue weighted by molar-refractivity contribution is 7.92. The summed E-state index contributed by atoms with van der Waals surface area (Å²) in [5.74, 6) is -0.798. The molecule has 0 bridgehead atoms. The van der Waals surface area contributed by atoms with Gasteiger partial charge in [0.2, 0.25) is 5.91 Å². The Morgan fingerprint density at radius 3 is 1.98 bits per heavy atom. The molecular formula is C33H35N3O4S. The molecule has 212 valence electrons. The van der Waals surface area contributed by atoms with E-state index in [1.165, 1.54) is 12.1 Å². The topological polar surface area (TPSA) is 95.6 Å². The number of nitrogens with one attached hydrogen (secondary N) is 2. The van der Waals surface area contributed by atoms with Crippen LogP contribution in [0, 0.1) is 13.8 Å². The number of anilines is 3. The van der Waals surface area contributed by atoms with E-state index >= 15 is 0 Å². The Bertz CT molecular complexity index is 1660. The second kappa shape index (κ2) is 12.0. The molecule has 2 N–H and O–H groups in total. The third kappa shape index (κ3) is 7.21. The molecule has 0 aliphatic rings. The molecule has 0 spiro atoms. The molecule has 0 radical (unpaired) electrons. The van der Waals surface area contributed by atoms with Crippen molar-refractivity contribution in [1.82, 2.24) is 0 Å². The summed E-state index contributed by atoms with van der Waals surface area (Å²) in [6.07, 6.45) is 0. The van der Waals surface area contributed by atoms with Crippen LogP contribution in [0.25, 0.3) is 0 Å². The van der Waals surface area contributed by atoms with Crippen molar-refractivity contribution >= 4 is 38.9 Å². The average Bonchev–Trinajstić information content (AvgIpc) is 2.93. The van der Waals surface area contributed by atoms with E-state index in [4.69, 9.17) is 0 Å². The number of amides is 2. The van der Waals surface area contributed by atoms with Crippen LogP contribution >= 0.6 is 0 Å². The van der Waals surface area contributed by atoms with Crippen LogP contribution in [0.2, 0.25) is 0 Å². The highest BCUT2D eigenvalue weighted by Gasteiger charge is 2.27. The molecular weight excluding hydrogens is 534 g/mol. The summed E-state index contributed by atoms with van der Waals surface area (Å²) in [6, 6.07) is 27.5. The molecule has 0 atom stereocenters. The first-order chi connectivity index (χ1) is 19.3. The Labute approximate surface area is 242 Å². The summed E-state index contributed by atoms with van der Waals surface area (Å²) in [6.45, 7) is 9.73. The monoisotopic (exact) mass is 569 g/mol. The van der Waals surface area contributed by atoms with Gasteiger partial charge in [0.05, 0.1) is 10.6 Å². The molecule has 0 heterocycles. The van der Waals surface area contributed by atoms with Gasteiger partial charge in [-0.05, 0) is 90.6 Å². The van der Waals surface area contributed by atoms with Gasteiger partial charge in [-0.3, -0.25) is 13.9 Å². The number of hydrogen-bond acceptors (Lipinski definition) is 4. The van der Waals surface area contributed by atoms with Crippen molar-refractivity contribution in [3.8, 4) is 0 Å². The van der Waals surface area contributed by atoms with Crippen LogP contribution in [-0.4, -0.2) is 26.8 Å².